The lowest BCUT2D eigenvalue weighted by Gasteiger charge is -2.24. The van der Waals surface area contributed by atoms with Gasteiger partial charge in [-0.2, -0.15) is 0 Å². The third-order valence-electron chi connectivity index (χ3n) is 3.75. The monoisotopic (exact) mass is 348 g/mol. The molecule has 0 aliphatic carbocycles. The van der Waals surface area contributed by atoms with Gasteiger partial charge in [-0.05, 0) is 51.5 Å². The number of ether oxygens (including phenoxy) is 2. The molecule has 1 fully saturated rings. The first-order valence-electron chi connectivity index (χ1n) is 8.81. The van der Waals surface area contributed by atoms with Gasteiger partial charge in [0.25, 0.3) is 5.91 Å². The van der Waals surface area contributed by atoms with Crippen LogP contribution in [0.4, 0.5) is 4.79 Å². The SMILES string of the molecule is CCCNC(=O)c1ccc(O[C@H]2CCN(C(=O)OC(C)(C)C)C2)cc1. The predicted octanol–water partition coefficient (Wildman–Crippen LogP) is 3.21. The molecule has 138 valence electrons. The van der Waals surface area contributed by atoms with Gasteiger partial charge in [-0.3, -0.25) is 4.79 Å². The van der Waals surface area contributed by atoms with E-state index in [0.29, 0.717) is 30.9 Å². The molecule has 0 aromatic heterocycles. The minimum Gasteiger partial charge on any atom is -0.489 e. The number of benzene rings is 1. The fraction of sp³-hybridized carbons (Fsp3) is 0.579. The molecular formula is C19H28N2O4. The minimum absolute atomic E-state index is 0.0627. The smallest absolute Gasteiger partial charge is 0.410 e. The lowest BCUT2D eigenvalue weighted by atomic mass is 10.2. The molecular weight excluding hydrogens is 320 g/mol. The summed E-state index contributed by atoms with van der Waals surface area (Å²) in [6, 6.07) is 7.08. The van der Waals surface area contributed by atoms with Crippen molar-refractivity contribution in [3.05, 3.63) is 29.8 Å². The second kappa shape index (κ2) is 8.23. The molecule has 2 amide bonds. The van der Waals surface area contributed by atoms with Gasteiger partial charge in [0, 0.05) is 25.1 Å². The molecule has 1 N–H and O–H groups in total. The predicted molar refractivity (Wildman–Crippen MR) is 95.9 cm³/mol. The van der Waals surface area contributed by atoms with Gasteiger partial charge in [-0.1, -0.05) is 6.92 Å². The Kier molecular flexibility index (Phi) is 6.28. The van der Waals surface area contributed by atoms with Crippen LogP contribution in [0, 0.1) is 0 Å². The first kappa shape index (κ1) is 19.1. The number of rotatable bonds is 5. The number of carbonyl (C=O) groups excluding carboxylic acids is 2. The molecule has 0 radical (unpaired) electrons. The molecule has 6 heteroatoms. The molecule has 0 spiro atoms. The molecule has 0 bridgehead atoms. The van der Waals surface area contributed by atoms with Crippen LogP contribution in [-0.4, -0.2) is 48.2 Å². The summed E-state index contributed by atoms with van der Waals surface area (Å²) >= 11 is 0. The van der Waals surface area contributed by atoms with E-state index in [1.165, 1.54) is 0 Å². The number of nitrogens with zero attached hydrogens (tertiary/aromatic N) is 1. The van der Waals surface area contributed by atoms with Crippen LogP contribution in [0.1, 0.15) is 50.9 Å². The highest BCUT2D eigenvalue weighted by atomic mass is 16.6. The van der Waals surface area contributed by atoms with Gasteiger partial charge in [0.2, 0.25) is 0 Å². The van der Waals surface area contributed by atoms with Crippen LogP contribution < -0.4 is 10.1 Å². The summed E-state index contributed by atoms with van der Waals surface area (Å²) in [5.41, 5.74) is 0.118. The van der Waals surface area contributed by atoms with Crippen molar-refractivity contribution in [2.24, 2.45) is 0 Å². The lowest BCUT2D eigenvalue weighted by Crippen LogP contribution is -2.36. The fourth-order valence-electron chi connectivity index (χ4n) is 2.53. The Bertz CT molecular complexity index is 592. The minimum atomic E-state index is -0.496. The van der Waals surface area contributed by atoms with E-state index in [1.54, 1.807) is 29.2 Å². The standard InChI is InChI=1S/C19H28N2O4/c1-5-11-20-17(22)14-6-8-15(9-7-14)24-16-10-12-21(13-16)18(23)25-19(2,3)4/h6-9,16H,5,10-13H2,1-4H3,(H,20,22)/t16-/m0/s1. The summed E-state index contributed by atoms with van der Waals surface area (Å²) in [4.78, 5) is 25.6. The van der Waals surface area contributed by atoms with Crippen LogP contribution in [0.5, 0.6) is 5.75 Å². The molecule has 1 heterocycles. The van der Waals surface area contributed by atoms with Crippen molar-refractivity contribution in [1.29, 1.82) is 0 Å². The second-order valence-electron chi connectivity index (χ2n) is 7.24. The van der Waals surface area contributed by atoms with Crippen molar-refractivity contribution in [2.45, 2.75) is 52.2 Å². The number of nitrogens with one attached hydrogen (secondary N) is 1. The Balaban J connectivity index is 1.85. The van der Waals surface area contributed by atoms with E-state index in [0.717, 1.165) is 12.8 Å². The van der Waals surface area contributed by atoms with Crippen LogP contribution in [0.2, 0.25) is 0 Å². The van der Waals surface area contributed by atoms with Gasteiger partial charge < -0.3 is 19.7 Å². The Morgan fingerprint density at radius 3 is 2.52 bits per heavy atom. The van der Waals surface area contributed by atoms with Gasteiger partial charge in [0.05, 0.1) is 6.54 Å². The average molecular weight is 348 g/mol. The zero-order valence-electron chi connectivity index (χ0n) is 15.5. The van der Waals surface area contributed by atoms with Crippen LogP contribution in [0.3, 0.4) is 0 Å². The zero-order chi connectivity index (χ0) is 18.4. The largest absolute Gasteiger partial charge is 0.489 e. The Labute approximate surface area is 149 Å². The average Bonchev–Trinajstić information content (AvgIpc) is 3.00. The topological polar surface area (TPSA) is 67.9 Å². The van der Waals surface area contributed by atoms with Crippen LogP contribution >= 0.6 is 0 Å². The van der Waals surface area contributed by atoms with E-state index in [-0.39, 0.29) is 18.1 Å². The van der Waals surface area contributed by atoms with Crippen molar-refractivity contribution in [3.8, 4) is 5.75 Å². The van der Waals surface area contributed by atoms with E-state index >= 15 is 0 Å². The van der Waals surface area contributed by atoms with Gasteiger partial charge in [-0.15, -0.1) is 0 Å². The summed E-state index contributed by atoms with van der Waals surface area (Å²) in [5, 5.41) is 2.84. The van der Waals surface area contributed by atoms with E-state index in [1.807, 2.05) is 27.7 Å². The Morgan fingerprint density at radius 2 is 1.92 bits per heavy atom. The number of amides is 2. The summed E-state index contributed by atoms with van der Waals surface area (Å²) in [5.74, 6) is 0.619. The molecule has 0 unspecified atom stereocenters. The first-order valence-corrected chi connectivity index (χ1v) is 8.81. The van der Waals surface area contributed by atoms with Gasteiger partial charge in [0.15, 0.2) is 0 Å². The normalized spacial score (nSPS) is 17.3. The second-order valence-corrected chi connectivity index (χ2v) is 7.24. The zero-order valence-corrected chi connectivity index (χ0v) is 15.5. The van der Waals surface area contributed by atoms with Gasteiger partial charge >= 0.3 is 6.09 Å². The molecule has 0 saturated carbocycles. The summed E-state index contributed by atoms with van der Waals surface area (Å²) in [7, 11) is 0. The highest BCUT2D eigenvalue weighted by molar-refractivity contribution is 5.94. The van der Waals surface area contributed by atoms with Gasteiger partial charge in [-0.25, -0.2) is 4.79 Å². The van der Waals surface area contributed by atoms with Crippen molar-refractivity contribution in [3.63, 3.8) is 0 Å². The molecule has 25 heavy (non-hydrogen) atoms. The van der Waals surface area contributed by atoms with Crippen molar-refractivity contribution >= 4 is 12.0 Å². The van der Waals surface area contributed by atoms with E-state index < -0.39 is 5.60 Å². The third-order valence-corrected chi connectivity index (χ3v) is 3.75. The maximum Gasteiger partial charge on any atom is 0.410 e. The Hall–Kier alpha value is -2.24. The molecule has 2 rings (SSSR count). The number of carbonyl (C=O) groups is 2. The van der Waals surface area contributed by atoms with Gasteiger partial charge in [0.1, 0.15) is 17.5 Å². The van der Waals surface area contributed by atoms with Crippen molar-refractivity contribution < 1.29 is 19.1 Å². The number of likely N-dealkylation sites (tertiary alicyclic amines) is 1. The fourth-order valence-corrected chi connectivity index (χ4v) is 2.53. The third kappa shape index (κ3) is 5.96. The molecule has 1 aromatic rings. The lowest BCUT2D eigenvalue weighted by molar-refractivity contribution is 0.0275. The van der Waals surface area contributed by atoms with Crippen molar-refractivity contribution in [1.82, 2.24) is 10.2 Å². The molecule has 1 aromatic carbocycles. The molecule has 1 aliphatic rings. The molecule has 6 nitrogen and oxygen atoms in total. The molecule has 1 saturated heterocycles. The molecule has 1 atom stereocenters. The van der Waals surface area contributed by atoms with Crippen LogP contribution in [0.25, 0.3) is 0 Å². The van der Waals surface area contributed by atoms with Crippen molar-refractivity contribution in [2.75, 3.05) is 19.6 Å². The number of hydrogen-bond donors (Lipinski definition) is 1. The highest BCUT2D eigenvalue weighted by Gasteiger charge is 2.30. The summed E-state index contributed by atoms with van der Waals surface area (Å²) in [6.07, 6.45) is 1.30. The van der Waals surface area contributed by atoms with E-state index in [9.17, 15) is 9.59 Å². The summed E-state index contributed by atoms with van der Waals surface area (Å²) in [6.45, 7) is 9.37. The van der Waals surface area contributed by atoms with E-state index in [2.05, 4.69) is 5.32 Å². The first-order chi connectivity index (χ1) is 11.8. The van der Waals surface area contributed by atoms with Crippen LogP contribution in [0.15, 0.2) is 24.3 Å². The maximum atomic E-state index is 12.1. The molecule has 1 aliphatic heterocycles. The number of hydrogen-bond acceptors (Lipinski definition) is 4. The Morgan fingerprint density at radius 1 is 1.24 bits per heavy atom. The summed E-state index contributed by atoms with van der Waals surface area (Å²) < 4.78 is 11.3. The maximum absolute atomic E-state index is 12.1. The van der Waals surface area contributed by atoms with E-state index in [4.69, 9.17) is 9.47 Å². The quantitative estimate of drug-likeness (QED) is 0.887. The highest BCUT2D eigenvalue weighted by Crippen LogP contribution is 2.21. The van der Waals surface area contributed by atoms with Crippen LogP contribution in [-0.2, 0) is 4.74 Å².